The summed E-state index contributed by atoms with van der Waals surface area (Å²) in [4.78, 5) is 4.07. The fraction of sp³-hybridized carbons (Fsp3) is 0.333. The van der Waals surface area contributed by atoms with Crippen molar-refractivity contribution in [3.63, 3.8) is 0 Å². The Balaban J connectivity index is 1.99. The topological polar surface area (TPSA) is 85.1 Å². The van der Waals surface area contributed by atoms with Gasteiger partial charge in [-0.1, -0.05) is 16.8 Å². The Morgan fingerprint density at radius 1 is 1.29 bits per heavy atom. The SMILES string of the molecule is O=S(=O)(CCCF)NCc1nc(-c2ccc(Cl)cc2)no1. The number of rotatable bonds is 7. The van der Waals surface area contributed by atoms with Crippen LogP contribution >= 0.6 is 11.6 Å². The van der Waals surface area contributed by atoms with Crippen LogP contribution < -0.4 is 4.72 Å². The van der Waals surface area contributed by atoms with E-state index < -0.39 is 16.7 Å². The van der Waals surface area contributed by atoms with Crippen molar-refractivity contribution in [3.05, 3.63) is 35.2 Å². The molecule has 0 fully saturated rings. The molecule has 9 heteroatoms. The molecule has 0 bridgehead atoms. The second-order valence-electron chi connectivity index (χ2n) is 4.20. The lowest BCUT2D eigenvalue weighted by atomic mass is 10.2. The maximum Gasteiger partial charge on any atom is 0.242 e. The third-order valence-corrected chi connectivity index (χ3v) is 4.22. The highest BCUT2D eigenvalue weighted by Gasteiger charge is 2.13. The zero-order chi connectivity index (χ0) is 15.3. The first-order valence-electron chi connectivity index (χ1n) is 6.12. The number of hydrogen-bond donors (Lipinski definition) is 1. The van der Waals surface area contributed by atoms with Crippen molar-refractivity contribution in [2.75, 3.05) is 12.4 Å². The third-order valence-electron chi connectivity index (χ3n) is 2.56. The molecule has 6 nitrogen and oxygen atoms in total. The molecule has 0 saturated carbocycles. The number of nitrogens with one attached hydrogen (secondary N) is 1. The maximum absolute atomic E-state index is 12.0. The lowest BCUT2D eigenvalue weighted by molar-refractivity contribution is 0.375. The summed E-state index contributed by atoms with van der Waals surface area (Å²) in [5.41, 5.74) is 0.703. The second kappa shape index (κ2) is 6.97. The molecule has 0 saturated heterocycles. The predicted octanol–water partition coefficient (Wildman–Crippen LogP) is 2.17. The van der Waals surface area contributed by atoms with E-state index in [2.05, 4.69) is 14.9 Å². The van der Waals surface area contributed by atoms with E-state index in [0.717, 1.165) is 0 Å². The molecule has 114 valence electrons. The summed E-state index contributed by atoms with van der Waals surface area (Å²) in [6.45, 7) is -0.808. The maximum atomic E-state index is 12.0. The molecule has 1 aromatic carbocycles. The van der Waals surface area contributed by atoms with Gasteiger partial charge in [-0.2, -0.15) is 4.98 Å². The zero-order valence-corrected chi connectivity index (χ0v) is 12.5. The first-order chi connectivity index (χ1) is 10.00. The standard InChI is InChI=1S/C12H13ClFN3O3S/c13-10-4-2-9(3-5-10)12-16-11(20-17-12)8-15-21(18,19)7-1-6-14/h2-5,15H,1,6-8H2. The fourth-order valence-corrected chi connectivity index (χ4v) is 2.63. The minimum absolute atomic E-state index is 0.0464. The van der Waals surface area contributed by atoms with Crippen molar-refractivity contribution < 1.29 is 17.3 Å². The molecule has 0 aliphatic heterocycles. The van der Waals surface area contributed by atoms with Crippen LogP contribution in [0.15, 0.2) is 28.8 Å². The molecular formula is C12H13ClFN3O3S. The van der Waals surface area contributed by atoms with Gasteiger partial charge in [-0.05, 0) is 30.7 Å². The van der Waals surface area contributed by atoms with Gasteiger partial charge >= 0.3 is 0 Å². The van der Waals surface area contributed by atoms with E-state index >= 15 is 0 Å². The van der Waals surface area contributed by atoms with Crippen LogP contribution in [0.2, 0.25) is 5.02 Å². The van der Waals surface area contributed by atoms with Crippen LogP contribution in [-0.2, 0) is 16.6 Å². The summed E-state index contributed by atoms with van der Waals surface area (Å²) < 4.78 is 42.2. The van der Waals surface area contributed by atoms with E-state index in [-0.39, 0.29) is 24.6 Å². The number of halogens is 2. The molecule has 2 rings (SSSR count). The van der Waals surface area contributed by atoms with Crippen LogP contribution in [0.25, 0.3) is 11.4 Å². The van der Waals surface area contributed by atoms with Gasteiger partial charge in [-0.3, -0.25) is 4.39 Å². The van der Waals surface area contributed by atoms with Crippen molar-refractivity contribution in [3.8, 4) is 11.4 Å². The fourth-order valence-electron chi connectivity index (χ4n) is 1.53. The van der Waals surface area contributed by atoms with Gasteiger partial charge in [0.25, 0.3) is 0 Å². The van der Waals surface area contributed by atoms with Gasteiger partial charge in [0.15, 0.2) is 0 Å². The summed E-state index contributed by atoms with van der Waals surface area (Å²) in [5, 5.41) is 4.34. The molecule has 2 aromatic rings. The van der Waals surface area contributed by atoms with E-state index in [0.29, 0.717) is 16.4 Å². The van der Waals surface area contributed by atoms with Gasteiger partial charge in [0, 0.05) is 10.6 Å². The summed E-state index contributed by atoms with van der Waals surface area (Å²) in [5.74, 6) is 0.190. The van der Waals surface area contributed by atoms with Crippen molar-refractivity contribution in [1.82, 2.24) is 14.9 Å². The Kier molecular flexibility index (Phi) is 5.27. The highest BCUT2D eigenvalue weighted by atomic mass is 35.5. The third kappa shape index (κ3) is 4.76. The largest absolute Gasteiger partial charge is 0.338 e. The first kappa shape index (κ1) is 15.9. The highest BCUT2D eigenvalue weighted by Crippen LogP contribution is 2.18. The molecule has 0 aliphatic rings. The minimum Gasteiger partial charge on any atom is -0.338 e. The average Bonchev–Trinajstić information content (AvgIpc) is 2.93. The Morgan fingerprint density at radius 2 is 2.00 bits per heavy atom. The number of hydrogen-bond acceptors (Lipinski definition) is 5. The van der Waals surface area contributed by atoms with Crippen LogP contribution in [0.3, 0.4) is 0 Å². The quantitative estimate of drug-likeness (QED) is 0.839. The predicted molar refractivity (Wildman–Crippen MR) is 76.0 cm³/mol. The van der Waals surface area contributed by atoms with E-state index in [1.54, 1.807) is 24.3 Å². The first-order valence-corrected chi connectivity index (χ1v) is 8.15. The molecule has 0 amide bonds. The summed E-state index contributed by atoms with van der Waals surface area (Å²) >= 11 is 5.78. The molecule has 0 atom stereocenters. The summed E-state index contributed by atoms with van der Waals surface area (Å²) in [6.07, 6.45) is -0.0464. The zero-order valence-electron chi connectivity index (χ0n) is 10.9. The number of alkyl halides is 1. The van der Waals surface area contributed by atoms with Gasteiger partial charge in [0.05, 0.1) is 19.0 Å². The van der Waals surface area contributed by atoms with E-state index in [1.165, 1.54) is 0 Å². The Hall–Kier alpha value is -1.51. The number of benzene rings is 1. The van der Waals surface area contributed by atoms with Crippen LogP contribution in [0, 0.1) is 0 Å². The molecule has 0 unspecified atom stereocenters. The van der Waals surface area contributed by atoms with Crippen molar-refractivity contribution in [2.24, 2.45) is 0 Å². The smallest absolute Gasteiger partial charge is 0.242 e. The second-order valence-corrected chi connectivity index (χ2v) is 6.56. The monoisotopic (exact) mass is 333 g/mol. The van der Waals surface area contributed by atoms with Crippen molar-refractivity contribution in [2.45, 2.75) is 13.0 Å². The molecule has 0 radical (unpaired) electrons. The molecule has 1 heterocycles. The normalized spacial score (nSPS) is 11.7. The lowest BCUT2D eigenvalue weighted by Gasteiger charge is -2.01. The summed E-state index contributed by atoms with van der Waals surface area (Å²) in [7, 11) is -3.54. The van der Waals surface area contributed by atoms with Gasteiger partial charge < -0.3 is 4.52 Å². The van der Waals surface area contributed by atoms with Gasteiger partial charge in [-0.15, -0.1) is 0 Å². The van der Waals surface area contributed by atoms with Gasteiger partial charge in [0.1, 0.15) is 0 Å². The Bertz CT molecular complexity index is 688. The molecule has 0 aliphatic carbocycles. The molecule has 1 N–H and O–H groups in total. The minimum atomic E-state index is -3.54. The molecule has 0 spiro atoms. The summed E-state index contributed by atoms with van der Waals surface area (Å²) in [6, 6.07) is 6.82. The van der Waals surface area contributed by atoms with Crippen LogP contribution in [0.1, 0.15) is 12.3 Å². The van der Waals surface area contributed by atoms with Crippen LogP contribution in [0.5, 0.6) is 0 Å². The average molecular weight is 334 g/mol. The molecule has 1 aromatic heterocycles. The highest BCUT2D eigenvalue weighted by molar-refractivity contribution is 7.89. The van der Waals surface area contributed by atoms with E-state index in [4.69, 9.17) is 16.1 Å². The lowest BCUT2D eigenvalue weighted by Crippen LogP contribution is -2.26. The Labute approximate surface area is 126 Å². The van der Waals surface area contributed by atoms with Gasteiger partial charge in [-0.25, -0.2) is 13.1 Å². The van der Waals surface area contributed by atoms with Crippen LogP contribution in [0.4, 0.5) is 4.39 Å². The number of sulfonamides is 1. The van der Waals surface area contributed by atoms with E-state index in [9.17, 15) is 12.8 Å². The van der Waals surface area contributed by atoms with Crippen molar-refractivity contribution >= 4 is 21.6 Å². The number of aromatic nitrogens is 2. The van der Waals surface area contributed by atoms with Crippen molar-refractivity contribution in [1.29, 1.82) is 0 Å². The van der Waals surface area contributed by atoms with E-state index in [1.807, 2.05) is 0 Å². The molecule has 21 heavy (non-hydrogen) atoms. The van der Waals surface area contributed by atoms with Gasteiger partial charge in [0.2, 0.25) is 21.7 Å². The number of nitrogens with zero attached hydrogens (tertiary/aromatic N) is 2. The molecular weight excluding hydrogens is 321 g/mol. The Morgan fingerprint density at radius 3 is 2.67 bits per heavy atom. The van der Waals surface area contributed by atoms with Crippen LogP contribution in [-0.4, -0.2) is 31.0 Å².